The summed E-state index contributed by atoms with van der Waals surface area (Å²) >= 11 is 0. The third-order valence-electron chi connectivity index (χ3n) is 3.01. The summed E-state index contributed by atoms with van der Waals surface area (Å²) in [5, 5.41) is 39.2. The second-order valence-electron chi connectivity index (χ2n) is 4.72. The van der Waals surface area contributed by atoms with Gasteiger partial charge in [0.15, 0.2) is 0 Å². The number of amides is 1. The molecule has 0 spiro atoms. The molecule has 0 atom stereocenters. The summed E-state index contributed by atoms with van der Waals surface area (Å²) in [5.41, 5.74) is 0.724. The van der Waals surface area contributed by atoms with Gasteiger partial charge < -0.3 is 25.4 Å². The van der Waals surface area contributed by atoms with Crippen LogP contribution in [0, 0.1) is 0 Å². The van der Waals surface area contributed by atoms with Gasteiger partial charge in [-0.3, -0.25) is 4.79 Å². The third-order valence-corrected chi connectivity index (χ3v) is 3.01. The Morgan fingerprint density at radius 3 is 2.24 bits per heavy atom. The summed E-state index contributed by atoms with van der Waals surface area (Å²) in [4.78, 5) is 22.5. The number of carbonyl (C=O) groups is 2. The van der Waals surface area contributed by atoms with Crippen LogP contribution >= 0.6 is 0 Å². The number of aromatic carboxylic acids is 1. The van der Waals surface area contributed by atoms with E-state index in [4.69, 9.17) is 5.11 Å². The molecule has 124 valence electrons. The van der Waals surface area contributed by atoms with E-state index in [0.29, 0.717) is 11.3 Å². The number of benzene rings is 2. The summed E-state index contributed by atoms with van der Waals surface area (Å²) in [7, 11) is 0. The quantitative estimate of drug-likeness (QED) is 0.405. The van der Waals surface area contributed by atoms with Crippen molar-refractivity contribution in [3.8, 4) is 5.75 Å². The number of aliphatic hydroxyl groups is 1. The van der Waals surface area contributed by atoms with Gasteiger partial charge in [-0.2, -0.15) is 10.2 Å². The number of carboxylic acids is 1. The second kappa shape index (κ2) is 9.90. The van der Waals surface area contributed by atoms with Crippen molar-refractivity contribution in [3.05, 3.63) is 53.6 Å². The van der Waals surface area contributed by atoms with Crippen LogP contribution in [0.15, 0.2) is 52.7 Å². The molecule has 1 amide bonds. The molecule has 2 aromatic carbocycles. The van der Waals surface area contributed by atoms with Gasteiger partial charge >= 0.3 is 29.6 Å². The molecular formula is C16H14N3NaO5. The van der Waals surface area contributed by atoms with Crippen LogP contribution in [0.4, 0.5) is 11.4 Å². The maximum Gasteiger partial charge on any atom is 1.00 e. The van der Waals surface area contributed by atoms with Crippen LogP contribution in [-0.2, 0) is 0 Å². The molecule has 2 rings (SSSR count). The number of hydrogen-bond donors (Lipinski definition) is 3. The fraction of sp³-hybridized carbons (Fsp3) is 0.125. The minimum absolute atomic E-state index is 0. The molecule has 0 aliphatic rings. The fourth-order valence-corrected chi connectivity index (χ4v) is 1.82. The van der Waals surface area contributed by atoms with Crippen molar-refractivity contribution in [1.29, 1.82) is 0 Å². The number of hydrogen-bond acceptors (Lipinski definition) is 7. The minimum Gasteiger partial charge on any atom is -0.545 e. The normalized spacial score (nSPS) is 10.3. The van der Waals surface area contributed by atoms with Gasteiger partial charge in [0.1, 0.15) is 5.75 Å². The van der Waals surface area contributed by atoms with Gasteiger partial charge in [-0.25, -0.2) is 0 Å². The number of aromatic hydroxyl groups is 1. The van der Waals surface area contributed by atoms with E-state index in [2.05, 4.69) is 15.5 Å². The SMILES string of the molecule is O=C(NCCO)c1ccc(N=Nc2ccc(O)c(C(=O)[O-])c2)cc1.[Na+]. The molecule has 0 bridgehead atoms. The average molecular weight is 351 g/mol. The maximum absolute atomic E-state index is 11.7. The monoisotopic (exact) mass is 351 g/mol. The Hall–Kier alpha value is -2.26. The number of phenols is 1. The van der Waals surface area contributed by atoms with Crippen LogP contribution < -0.4 is 40.0 Å². The third kappa shape index (κ3) is 5.95. The Labute approximate surface area is 165 Å². The van der Waals surface area contributed by atoms with Gasteiger partial charge in [0.25, 0.3) is 5.91 Å². The molecule has 0 saturated carbocycles. The first-order valence-corrected chi connectivity index (χ1v) is 6.96. The van der Waals surface area contributed by atoms with E-state index >= 15 is 0 Å². The molecule has 0 radical (unpaired) electrons. The fourth-order valence-electron chi connectivity index (χ4n) is 1.82. The zero-order valence-electron chi connectivity index (χ0n) is 13.5. The molecule has 0 saturated heterocycles. The molecule has 0 fully saturated rings. The van der Waals surface area contributed by atoms with E-state index in [0.717, 1.165) is 6.07 Å². The Morgan fingerprint density at radius 1 is 1.04 bits per heavy atom. The predicted octanol–water partition coefficient (Wildman–Crippen LogP) is -2.10. The summed E-state index contributed by atoms with van der Waals surface area (Å²) in [6.07, 6.45) is 0. The van der Waals surface area contributed by atoms with Crippen molar-refractivity contribution in [2.45, 2.75) is 0 Å². The van der Waals surface area contributed by atoms with Crippen LogP contribution in [0.3, 0.4) is 0 Å². The molecule has 2 aromatic rings. The topological polar surface area (TPSA) is 134 Å². The number of nitrogens with zero attached hydrogens (tertiary/aromatic N) is 2. The number of aliphatic hydroxyl groups excluding tert-OH is 1. The van der Waals surface area contributed by atoms with Crippen molar-refractivity contribution in [1.82, 2.24) is 5.32 Å². The molecule has 9 heteroatoms. The molecule has 0 aliphatic heterocycles. The van der Waals surface area contributed by atoms with E-state index in [1.54, 1.807) is 24.3 Å². The molecule has 0 aromatic heterocycles. The smallest absolute Gasteiger partial charge is 0.545 e. The summed E-state index contributed by atoms with van der Waals surface area (Å²) in [6.45, 7) is 0.0282. The van der Waals surface area contributed by atoms with Crippen LogP contribution in [0.25, 0.3) is 0 Å². The largest absolute Gasteiger partial charge is 1.00 e. The Kier molecular flexibility index (Phi) is 8.23. The van der Waals surface area contributed by atoms with Crippen LogP contribution in [0.2, 0.25) is 0 Å². The van der Waals surface area contributed by atoms with E-state index in [1.807, 2.05) is 0 Å². The van der Waals surface area contributed by atoms with Gasteiger partial charge in [-0.05, 0) is 42.5 Å². The zero-order valence-corrected chi connectivity index (χ0v) is 15.5. The van der Waals surface area contributed by atoms with Gasteiger partial charge in [0, 0.05) is 17.7 Å². The molecule has 3 N–H and O–H groups in total. The molecule has 8 nitrogen and oxygen atoms in total. The Bertz CT molecular complexity index is 778. The average Bonchev–Trinajstić information content (AvgIpc) is 2.59. The van der Waals surface area contributed by atoms with E-state index in [-0.39, 0.29) is 59.9 Å². The summed E-state index contributed by atoms with van der Waals surface area (Å²) < 4.78 is 0. The van der Waals surface area contributed by atoms with E-state index in [9.17, 15) is 19.8 Å². The van der Waals surface area contributed by atoms with Crippen molar-refractivity contribution >= 4 is 23.3 Å². The first-order valence-electron chi connectivity index (χ1n) is 6.96. The molecular weight excluding hydrogens is 337 g/mol. The van der Waals surface area contributed by atoms with Crippen molar-refractivity contribution < 1.29 is 54.5 Å². The first kappa shape index (κ1) is 20.8. The predicted molar refractivity (Wildman–Crippen MR) is 82.5 cm³/mol. The van der Waals surface area contributed by atoms with Gasteiger partial charge in [0.05, 0.1) is 24.0 Å². The number of rotatable bonds is 6. The van der Waals surface area contributed by atoms with Gasteiger partial charge in [-0.15, -0.1) is 0 Å². The van der Waals surface area contributed by atoms with Gasteiger partial charge in [0.2, 0.25) is 0 Å². The van der Waals surface area contributed by atoms with Crippen LogP contribution in [0.5, 0.6) is 5.75 Å². The number of carboxylic acid groups (broad SMARTS) is 1. The Morgan fingerprint density at radius 2 is 1.64 bits per heavy atom. The minimum atomic E-state index is -1.51. The van der Waals surface area contributed by atoms with E-state index in [1.165, 1.54) is 12.1 Å². The van der Waals surface area contributed by atoms with Crippen molar-refractivity contribution in [3.63, 3.8) is 0 Å². The first-order chi connectivity index (χ1) is 11.5. The molecule has 0 heterocycles. The van der Waals surface area contributed by atoms with Crippen LogP contribution in [0.1, 0.15) is 20.7 Å². The van der Waals surface area contributed by atoms with E-state index < -0.39 is 11.7 Å². The maximum atomic E-state index is 11.7. The number of nitrogens with one attached hydrogen (secondary N) is 1. The molecule has 25 heavy (non-hydrogen) atoms. The Balaban J connectivity index is 0.00000312. The zero-order chi connectivity index (χ0) is 17.5. The standard InChI is InChI=1S/C16H15N3O5.Na/c20-8-7-17-15(22)10-1-3-11(4-2-10)18-19-12-5-6-14(21)13(9-12)16(23)24;/h1-6,9,20-21H,7-8H2,(H,17,22)(H,23,24);/q;+1/p-1. The number of azo groups is 1. The molecule has 0 aliphatic carbocycles. The number of carbonyl (C=O) groups excluding carboxylic acids is 2. The van der Waals surface area contributed by atoms with Gasteiger partial charge in [-0.1, -0.05) is 0 Å². The van der Waals surface area contributed by atoms with Crippen molar-refractivity contribution in [2.24, 2.45) is 10.2 Å². The molecule has 0 unspecified atom stereocenters. The summed E-state index contributed by atoms with van der Waals surface area (Å²) in [6, 6.07) is 9.96. The summed E-state index contributed by atoms with van der Waals surface area (Å²) in [5.74, 6) is -2.24. The second-order valence-corrected chi connectivity index (χ2v) is 4.72. The van der Waals surface area contributed by atoms with Crippen molar-refractivity contribution in [2.75, 3.05) is 13.2 Å². The van der Waals surface area contributed by atoms with Crippen LogP contribution in [-0.4, -0.2) is 35.2 Å².